The molecule has 0 N–H and O–H groups in total. The van der Waals surface area contributed by atoms with Crippen molar-refractivity contribution in [3.05, 3.63) is 82.6 Å². The minimum atomic E-state index is 1.26. The molecule has 0 unspecified atom stereocenters. The highest BCUT2D eigenvalue weighted by Gasteiger charge is 2.03. The largest absolute Gasteiger partial charge is 0.152 e. The molecule has 0 amide bonds. The molecular formula is C20H14S. The van der Waals surface area contributed by atoms with E-state index in [0.29, 0.717) is 0 Å². The Morgan fingerprint density at radius 2 is 1.48 bits per heavy atom. The van der Waals surface area contributed by atoms with Crippen LogP contribution < -0.4 is 0 Å². The molecule has 0 spiro atoms. The Bertz CT molecular complexity index is 931. The van der Waals surface area contributed by atoms with Crippen molar-refractivity contribution in [2.45, 2.75) is 0 Å². The third-order valence-electron chi connectivity index (χ3n) is 3.80. The third-order valence-corrected chi connectivity index (χ3v) is 4.50. The first-order valence-electron chi connectivity index (χ1n) is 7.02. The molecule has 1 heterocycles. The summed E-state index contributed by atoms with van der Waals surface area (Å²) in [6, 6.07) is 21.6. The Balaban J connectivity index is 1.98. The van der Waals surface area contributed by atoms with Crippen LogP contribution in [0, 0.1) is 0 Å². The summed E-state index contributed by atoms with van der Waals surface area (Å²) < 4.78 is 0. The molecule has 100 valence electrons. The number of fused-ring (bicyclic) bond motifs is 3. The highest BCUT2D eigenvalue weighted by molar-refractivity contribution is 7.08. The van der Waals surface area contributed by atoms with Crippen molar-refractivity contribution < 1.29 is 0 Å². The van der Waals surface area contributed by atoms with Crippen LogP contribution in [0.3, 0.4) is 0 Å². The SMILES string of the molecule is C(=C/c1cc2ccccc2c2ccccc12)/c1ccsc1. The molecule has 1 heteroatoms. The standard InChI is InChI=1S/C20H14S/c1-2-6-18-16(5-1)13-17(10-9-15-11-12-21-14-15)19-7-3-4-8-20(18)19/h1-14H/b10-9-. The Labute approximate surface area is 128 Å². The van der Waals surface area contributed by atoms with E-state index in [-0.39, 0.29) is 0 Å². The summed E-state index contributed by atoms with van der Waals surface area (Å²) in [5.74, 6) is 0. The number of hydrogen-bond acceptors (Lipinski definition) is 1. The molecule has 21 heavy (non-hydrogen) atoms. The lowest BCUT2D eigenvalue weighted by atomic mass is 9.97. The molecule has 0 nitrogen and oxygen atoms in total. The van der Waals surface area contributed by atoms with Crippen LogP contribution in [0.2, 0.25) is 0 Å². The van der Waals surface area contributed by atoms with Gasteiger partial charge in [-0.3, -0.25) is 0 Å². The van der Waals surface area contributed by atoms with Crippen molar-refractivity contribution in [1.29, 1.82) is 0 Å². The molecular weight excluding hydrogens is 272 g/mol. The summed E-state index contributed by atoms with van der Waals surface area (Å²) in [7, 11) is 0. The second kappa shape index (κ2) is 5.19. The molecule has 4 aromatic rings. The lowest BCUT2D eigenvalue weighted by Crippen LogP contribution is -1.82. The normalized spacial score (nSPS) is 11.6. The average Bonchev–Trinajstić information content (AvgIpc) is 3.06. The van der Waals surface area contributed by atoms with Crippen LogP contribution in [0.4, 0.5) is 0 Å². The maximum atomic E-state index is 2.28. The zero-order valence-corrected chi connectivity index (χ0v) is 12.3. The molecule has 0 aliphatic heterocycles. The fourth-order valence-corrected chi connectivity index (χ4v) is 3.41. The third kappa shape index (κ3) is 2.26. The van der Waals surface area contributed by atoms with Crippen LogP contribution in [0.1, 0.15) is 11.1 Å². The van der Waals surface area contributed by atoms with Gasteiger partial charge in [0.1, 0.15) is 0 Å². The molecule has 4 rings (SSSR count). The number of benzene rings is 3. The fourth-order valence-electron chi connectivity index (χ4n) is 2.78. The molecule has 0 fully saturated rings. The maximum Gasteiger partial charge on any atom is -0.00208 e. The fraction of sp³-hybridized carbons (Fsp3) is 0. The van der Waals surface area contributed by atoms with Crippen molar-refractivity contribution in [1.82, 2.24) is 0 Å². The Morgan fingerprint density at radius 3 is 2.29 bits per heavy atom. The lowest BCUT2D eigenvalue weighted by molar-refractivity contribution is 1.74. The topological polar surface area (TPSA) is 0 Å². The molecule has 0 saturated heterocycles. The van der Waals surface area contributed by atoms with E-state index in [1.165, 1.54) is 32.7 Å². The predicted octanol–water partition coefficient (Wildman–Crippen LogP) is 6.22. The van der Waals surface area contributed by atoms with Crippen molar-refractivity contribution in [2.75, 3.05) is 0 Å². The first kappa shape index (κ1) is 12.4. The van der Waals surface area contributed by atoms with Crippen LogP contribution >= 0.6 is 11.3 Å². The first-order chi connectivity index (χ1) is 10.4. The Hall–Kier alpha value is -2.38. The van der Waals surface area contributed by atoms with Gasteiger partial charge in [-0.05, 0) is 55.6 Å². The molecule has 1 aromatic heterocycles. The smallest absolute Gasteiger partial charge is 0.00208 e. The second-order valence-electron chi connectivity index (χ2n) is 5.12. The van der Waals surface area contributed by atoms with Crippen molar-refractivity contribution in [3.8, 4) is 0 Å². The zero-order chi connectivity index (χ0) is 14.1. The second-order valence-corrected chi connectivity index (χ2v) is 5.90. The van der Waals surface area contributed by atoms with Gasteiger partial charge < -0.3 is 0 Å². The molecule has 0 aliphatic carbocycles. The van der Waals surface area contributed by atoms with Gasteiger partial charge in [0.15, 0.2) is 0 Å². The summed E-state index contributed by atoms with van der Waals surface area (Å²) in [5, 5.41) is 9.52. The zero-order valence-electron chi connectivity index (χ0n) is 11.5. The number of rotatable bonds is 2. The van der Waals surface area contributed by atoms with Crippen LogP contribution in [-0.4, -0.2) is 0 Å². The molecule has 3 aromatic carbocycles. The van der Waals surface area contributed by atoms with E-state index < -0.39 is 0 Å². The minimum Gasteiger partial charge on any atom is -0.152 e. The highest BCUT2D eigenvalue weighted by atomic mass is 32.1. The van der Waals surface area contributed by atoms with E-state index in [1.807, 2.05) is 0 Å². The van der Waals surface area contributed by atoms with Crippen LogP contribution in [0.5, 0.6) is 0 Å². The van der Waals surface area contributed by atoms with Gasteiger partial charge in [0.2, 0.25) is 0 Å². The number of thiophene rings is 1. The van der Waals surface area contributed by atoms with Crippen LogP contribution in [-0.2, 0) is 0 Å². The van der Waals surface area contributed by atoms with E-state index in [9.17, 15) is 0 Å². The van der Waals surface area contributed by atoms with Gasteiger partial charge in [-0.25, -0.2) is 0 Å². The van der Waals surface area contributed by atoms with Gasteiger partial charge in [0.25, 0.3) is 0 Å². The van der Waals surface area contributed by atoms with E-state index in [0.717, 1.165) is 0 Å². The molecule has 0 atom stereocenters. The quantitative estimate of drug-likeness (QED) is 0.383. The Kier molecular flexibility index (Phi) is 3.06. The average molecular weight is 286 g/mol. The van der Waals surface area contributed by atoms with E-state index in [4.69, 9.17) is 0 Å². The van der Waals surface area contributed by atoms with E-state index >= 15 is 0 Å². The molecule has 0 aliphatic rings. The minimum absolute atomic E-state index is 1.26. The maximum absolute atomic E-state index is 2.28. The summed E-state index contributed by atoms with van der Waals surface area (Å²) in [4.78, 5) is 0. The summed E-state index contributed by atoms with van der Waals surface area (Å²) >= 11 is 1.73. The highest BCUT2D eigenvalue weighted by Crippen LogP contribution is 2.29. The first-order valence-corrected chi connectivity index (χ1v) is 7.97. The van der Waals surface area contributed by atoms with Crippen molar-refractivity contribution in [3.63, 3.8) is 0 Å². The van der Waals surface area contributed by atoms with E-state index in [2.05, 4.69) is 83.6 Å². The van der Waals surface area contributed by atoms with Gasteiger partial charge in [-0.2, -0.15) is 11.3 Å². The monoisotopic (exact) mass is 286 g/mol. The van der Waals surface area contributed by atoms with Gasteiger partial charge in [0.05, 0.1) is 0 Å². The van der Waals surface area contributed by atoms with Gasteiger partial charge in [-0.15, -0.1) is 0 Å². The van der Waals surface area contributed by atoms with Crippen LogP contribution in [0.25, 0.3) is 33.7 Å². The van der Waals surface area contributed by atoms with Crippen molar-refractivity contribution in [2.24, 2.45) is 0 Å². The summed E-state index contributed by atoms with van der Waals surface area (Å²) in [6.45, 7) is 0. The molecule has 0 saturated carbocycles. The van der Waals surface area contributed by atoms with E-state index in [1.54, 1.807) is 11.3 Å². The van der Waals surface area contributed by atoms with Crippen molar-refractivity contribution >= 4 is 45.0 Å². The van der Waals surface area contributed by atoms with Gasteiger partial charge in [-0.1, -0.05) is 60.7 Å². The molecule has 0 bridgehead atoms. The molecule has 0 radical (unpaired) electrons. The summed E-state index contributed by atoms with van der Waals surface area (Å²) in [6.07, 6.45) is 4.41. The summed E-state index contributed by atoms with van der Waals surface area (Å²) in [5.41, 5.74) is 2.53. The predicted molar refractivity (Wildman–Crippen MR) is 94.7 cm³/mol. The Morgan fingerprint density at radius 1 is 0.714 bits per heavy atom. The van der Waals surface area contributed by atoms with Gasteiger partial charge >= 0.3 is 0 Å². The lowest BCUT2D eigenvalue weighted by Gasteiger charge is -2.07. The van der Waals surface area contributed by atoms with Crippen LogP contribution in [0.15, 0.2) is 71.4 Å². The number of hydrogen-bond donors (Lipinski definition) is 0. The van der Waals surface area contributed by atoms with Gasteiger partial charge in [0, 0.05) is 0 Å².